The monoisotopic (exact) mass is 385 g/mol. The fraction of sp³-hybridized carbons (Fsp3) is 0.526. The van der Waals surface area contributed by atoms with Crippen molar-refractivity contribution in [3.8, 4) is 0 Å². The van der Waals surface area contributed by atoms with Gasteiger partial charge >= 0.3 is 35.5 Å². The summed E-state index contributed by atoms with van der Waals surface area (Å²) < 4.78 is 10.4. The number of hydrogen-bond acceptors (Lipinski definition) is 6. The molecule has 1 aliphatic rings. The van der Waals surface area contributed by atoms with Crippen molar-refractivity contribution in [3.63, 3.8) is 0 Å². The minimum Gasteiger partial charge on any atom is -0.549 e. The van der Waals surface area contributed by atoms with Crippen LogP contribution in [0.15, 0.2) is 24.3 Å². The fourth-order valence-corrected chi connectivity index (χ4v) is 2.65. The summed E-state index contributed by atoms with van der Waals surface area (Å²) in [5.74, 6) is -2.05. The first-order valence-corrected chi connectivity index (χ1v) is 8.49. The average molecular weight is 385 g/mol. The Morgan fingerprint density at radius 1 is 1.22 bits per heavy atom. The third kappa shape index (κ3) is 6.92. The van der Waals surface area contributed by atoms with Crippen molar-refractivity contribution >= 4 is 17.8 Å². The van der Waals surface area contributed by atoms with E-state index in [-0.39, 0.29) is 61.5 Å². The van der Waals surface area contributed by atoms with Gasteiger partial charge in [-0.1, -0.05) is 12.1 Å². The topological polar surface area (TPSA) is 105 Å². The number of hydrogen-bond donors (Lipinski definition) is 1. The number of carboxylic acid groups (broad SMARTS) is 1. The molecule has 0 radical (unpaired) electrons. The Hall–Kier alpha value is -1.41. The van der Waals surface area contributed by atoms with Crippen LogP contribution in [0.25, 0.3) is 0 Å². The van der Waals surface area contributed by atoms with Crippen LogP contribution < -0.4 is 40.0 Å². The maximum absolute atomic E-state index is 12.1. The minimum atomic E-state index is -1.26. The van der Waals surface area contributed by atoms with E-state index in [0.29, 0.717) is 12.2 Å². The Labute approximate surface area is 181 Å². The maximum Gasteiger partial charge on any atom is 1.00 e. The summed E-state index contributed by atoms with van der Waals surface area (Å²) in [6.07, 6.45) is 0.0959. The van der Waals surface area contributed by atoms with Crippen LogP contribution in [-0.4, -0.2) is 36.7 Å². The van der Waals surface area contributed by atoms with Gasteiger partial charge in [0.1, 0.15) is 5.60 Å². The zero-order chi connectivity index (χ0) is 19.4. The Morgan fingerprint density at radius 3 is 2.33 bits per heavy atom. The van der Waals surface area contributed by atoms with Crippen molar-refractivity contribution in [2.75, 3.05) is 13.2 Å². The largest absolute Gasteiger partial charge is 1.00 e. The molecular formula is C19H24NNaO6. The van der Waals surface area contributed by atoms with Gasteiger partial charge in [-0.05, 0) is 44.9 Å². The number of amides is 1. The van der Waals surface area contributed by atoms with E-state index in [1.165, 1.54) is 0 Å². The smallest absolute Gasteiger partial charge is 0.549 e. The SMILES string of the molecule is CC(C)(C)OC(=O)c1ccc(CNC(=O)CC2(C(=O)[O-])CCOC2)cc1.[Na+]. The van der Waals surface area contributed by atoms with Crippen LogP contribution in [0, 0.1) is 5.41 Å². The summed E-state index contributed by atoms with van der Waals surface area (Å²) >= 11 is 0. The molecular weight excluding hydrogens is 361 g/mol. The van der Waals surface area contributed by atoms with Crippen LogP contribution in [0.1, 0.15) is 49.5 Å². The van der Waals surface area contributed by atoms with Gasteiger partial charge in [0.25, 0.3) is 0 Å². The molecule has 7 nitrogen and oxygen atoms in total. The van der Waals surface area contributed by atoms with Gasteiger partial charge in [-0.25, -0.2) is 4.79 Å². The normalized spacial score (nSPS) is 19.1. The van der Waals surface area contributed by atoms with Crippen LogP contribution in [0.4, 0.5) is 0 Å². The van der Waals surface area contributed by atoms with Crippen molar-refractivity contribution in [2.45, 2.75) is 45.8 Å². The molecule has 1 fully saturated rings. The van der Waals surface area contributed by atoms with Gasteiger partial charge in [-0.15, -0.1) is 0 Å². The summed E-state index contributed by atoms with van der Waals surface area (Å²) in [6.45, 7) is 5.93. The van der Waals surface area contributed by atoms with Crippen molar-refractivity contribution in [2.24, 2.45) is 5.41 Å². The Balaban J connectivity index is 0.00000364. The second-order valence-corrected chi connectivity index (χ2v) is 7.52. The summed E-state index contributed by atoms with van der Waals surface area (Å²) in [5, 5.41) is 14.0. The first-order valence-electron chi connectivity index (χ1n) is 8.49. The van der Waals surface area contributed by atoms with E-state index in [4.69, 9.17) is 9.47 Å². The van der Waals surface area contributed by atoms with Crippen LogP contribution in [0.5, 0.6) is 0 Å². The van der Waals surface area contributed by atoms with Crippen molar-refractivity contribution in [3.05, 3.63) is 35.4 Å². The molecule has 1 N–H and O–H groups in total. The fourth-order valence-electron chi connectivity index (χ4n) is 2.65. The molecule has 0 bridgehead atoms. The molecule has 0 saturated carbocycles. The maximum atomic E-state index is 12.1. The van der Waals surface area contributed by atoms with Gasteiger partial charge in [0.05, 0.1) is 18.1 Å². The standard InChI is InChI=1S/C19H25NO6.Na/c1-18(2,3)26-16(22)14-6-4-13(5-7-14)11-20-15(21)10-19(17(23)24)8-9-25-12-19;/h4-7H,8-12H2,1-3H3,(H,20,21)(H,23,24);/q;+1/p-1. The molecule has 1 heterocycles. The van der Waals surface area contributed by atoms with E-state index in [1.54, 1.807) is 45.0 Å². The Kier molecular flexibility index (Phi) is 8.48. The zero-order valence-electron chi connectivity index (χ0n) is 16.3. The van der Waals surface area contributed by atoms with E-state index in [0.717, 1.165) is 5.56 Å². The summed E-state index contributed by atoms with van der Waals surface area (Å²) in [4.78, 5) is 35.4. The summed E-state index contributed by atoms with van der Waals surface area (Å²) in [5.41, 5.74) is -0.599. The van der Waals surface area contributed by atoms with E-state index >= 15 is 0 Å². The van der Waals surface area contributed by atoms with Crippen molar-refractivity contribution < 1.29 is 58.5 Å². The number of nitrogens with one attached hydrogen (secondary N) is 1. The molecule has 2 rings (SSSR count). The molecule has 1 aromatic rings. The second-order valence-electron chi connectivity index (χ2n) is 7.52. The number of carbonyl (C=O) groups is 3. The molecule has 1 saturated heterocycles. The Bertz CT molecular complexity index is 674. The number of carbonyl (C=O) groups excluding carboxylic acids is 3. The molecule has 27 heavy (non-hydrogen) atoms. The predicted molar refractivity (Wildman–Crippen MR) is 91.0 cm³/mol. The molecule has 8 heteroatoms. The van der Waals surface area contributed by atoms with E-state index in [9.17, 15) is 19.5 Å². The van der Waals surface area contributed by atoms with Gasteiger partial charge < -0.3 is 24.7 Å². The van der Waals surface area contributed by atoms with E-state index in [2.05, 4.69) is 5.32 Å². The quantitative estimate of drug-likeness (QED) is 0.441. The first kappa shape index (κ1) is 23.6. The molecule has 0 aromatic heterocycles. The van der Waals surface area contributed by atoms with Gasteiger partial charge in [-0.2, -0.15) is 0 Å². The first-order chi connectivity index (χ1) is 12.1. The molecule has 1 atom stereocenters. The Morgan fingerprint density at radius 2 is 1.85 bits per heavy atom. The average Bonchev–Trinajstić information content (AvgIpc) is 3.01. The van der Waals surface area contributed by atoms with Gasteiger partial charge in [0, 0.05) is 25.0 Å². The van der Waals surface area contributed by atoms with Crippen LogP contribution >= 0.6 is 0 Å². The third-order valence-corrected chi connectivity index (χ3v) is 4.11. The molecule has 0 spiro atoms. The molecule has 0 aliphatic carbocycles. The molecule has 142 valence electrons. The van der Waals surface area contributed by atoms with E-state index < -0.39 is 23.0 Å². The van der Waals surface area contributed by atoms with Gasteiger partial charge in [-0.3, -0.25) is 4.79 Å². The van der Waals surface area contributed by atoms with Crippen LogP contribution in [-0.2, 0) is 25.6 Å². The van der Waals surface area contributed by atoms with Crippen molar-refractivity contribution in [1.29, 1.82) is 0 Å². The molecule has 1 aliphatic heterocycles. The molecule has 1 amide bonds. The van der Waals surface area contributed by atoms with Gasteiger partial charge in [0.2, 0.25) is 5.91 Å². The van der Waals surface area contributed by atoms with Crippen molar-refractivity contribution in [1.82, 2.24) is 5.32 Å². The second kappa shape index (κ2) is 9.68. The number of esters is 1. The molecule has 1 unspecified atom stereocenters. The number of benzene rings is 1. The minimum absolute atomic E-state index is 0. The predicted octanol–water partition coefficient (Wildman–Crippen LogP) is -2.19. The zero-order valence-corrected chi connectivity index (χ0v) is 18.3. The third-order valence-electron chi connectivity index (χ3n) is 4.11. The van der Waals surface area contributed by atoms with Crippen LogP contribution in [0.3, 0.4) is 0 Å². The number of aliphatic carboxylic acids is 1. The number of rotatable bonds is 6. The van der Waals surface area contributed by atoms with Gasteiger partial charge in [0.15, 0.2) is 0 Å². The van der Waals surface area contributed by atoms with Crippen LogP contribution in [0.2, 0.25) is 0 Å². The number of ether oxygens (including phenoxy) is 2. The number of carboxylic acids is 1. The summed E-state index contributed by atoms with van der Waals surface area (Å²) in [6, 6.07) is 6.69. The summed E-state index contributed by atoms with van der Waals surface area (Å²) in [7, 11) is 0. The van der Waals surface area contributed by atoms with E-state index in [1.807, 2.05) is 0 Å². The molecule has 1 aromatic carbocycles.